The first-order valence-electron chi connectivity index (χ1n) is 27.5. The van der Waals surface area contributed by atoms with E-state index in [2.05, 4.69) is 49.0 Å². The van der Waals surface area contributed by atoms with Crippen LogP contribution in [0.15, 0.2) is 139 Å². The van der Waals surface area contributed by atoms with Crippen molar-refractivity contribution in [1.82, 2.24) is 29.0 Å². The molecular weight excluding hydrogens is 1130 g/mol. The summed E-state index contributed by atoms with van der Waals surface area (Å²) in [5, 5.41) is 3.70. The topological polar surface area (TPSA) is 186 Å². The first-order chi connectivity index (χ1) is 38.7. The molecule has 4 aliphatic rings. The zero-order chi connectivity index (χ0) is 57.4. The fourth-order valence-corrected chi connectivity index (χ4v) is 14.6. The Hall–Kier alpha value is -5.46. The van der Waals surface area contributed by atoms with Crippen LogP contribution in [0.3, 0.4) is 0 Å². The smallest absolute Gasteiger partial charge is 0.380 e. The minimum Gasteiger partial charge on any atom is -0.380 e. The Labute approximate surface area is 481 Å². The number of carbonyl (C=O) groups excluding carboxylic acids is 1. The van der Waals surface area contributed by atoms with Crippen LogP contribution in [0.2, 0.25) is 5.02 Å². The van der Waals surface area contributed by atoms with Crippen LogP contribution in [0, 0.1) is 11.3 Å². The van der Waals surface area contributed by atoms with E-state index in [1.807, 2.05) is 47.2 Å². The Morgan fingerprint density at radius 3 is 2.28 bits per heavy atom. The molecule has 0 bridgehead atoms. The Kier molecular flexibility index (Phi) is 19.6. The number of benzene rings is 4. The van der Waals surface area contributed by atoms with Gasteiger partial charge in [0.15, 0.2) is 0 Å². The highest BCUT2D eigenvalue weighted by Gasteiger charge is 2.48. The average Bonchev–Trinajstić information content (AvgIpc) is 3.85. The van der Waals surface area contributed by atoms with Gasteiger partial charge in [-0.3, -0.25) is 19.5 Å². The normalized spacial score (nSPS) is 20.0. The molecule has 436 valence electrons. The summed E-state index contributed by atoms with van der Waals surface area (Å²) in [7, 11) is -11.0. The SMILES string of the molecule is C[C@@]1(CN2CCC(Cn3ccc(=O)[nH]c3=O)CC2)CCC(c2ccc(Cl)cc2)=C(CN2CCN(c3ccc(C(=O)NS(=O)(=O)c4ccc(N[C@H](CCN5CCCOCC5)CSc5ccccc5)c(S(=O)(=O)C(F)(F)F)c4)cc3)CC2)C1. The lowest BCUT2D eigenvalue weighted by Gasteiger charge is -2.44. The minimum atomic E-state index is -6.09. The molecule has 1 amide bonds. The van der Waals surface area contributed by atoms with E-state index in [4.69, 9.17) is 16.3 Å². The highest BCUT2D eigenvalue weighted by Crippen LogP contribution is 2.45. The van der Waals surface area contributed by atoms with E-state index in [-0.39, 0.29) is 16.7 Å². The number of sulfone groups is 1. The van der Waals surface area contributed by atoms with Crippen LogP contribution in [-0.4, -0.2) is 150 Å². The van der Waals surface area contributed by atoms with Crippen molar-refractivity contribution >= 4 is 66.1 Å². The van der Waals surface area contributed by atoms with Crippen molar-refractivity contribution in [2.45, 2.75) is 84.7 Å². The van der Waals surface area contributed by atoms with Crippen LogP contribution in [-0.2, 0) is 31.1 Å². The number of likely N-dealkylation sites (tertiary alicyclic amines) is 1. The second-order valence-corrected chi connectivity index (χ2v) is 27.1. The van der Waals surface area contributed by atoms with Crippen LogP contribution in [0.5, 0.6) is 0 Å². The van der Waals surface area contributed by atoms with Crippen molar-refractivity contribution in [3.05, 3.63) is 152 Å². The number of ether oxygens (including phenoxy) is 1. The first kappa shape index (κ1) is 60.1. The van der Waals surface area contributed by atoms with Gasteiger partial charge < -0.3 is 29.3 Å². The molecule has 1 aliphatic carbocycles. The number of halogens is 4. The van der Waals surface area contributed by atoms with Crippen molar-refractivity contribution in [1.29, 1.82) is 0 Å². The molecule has 3 N–H and O–H groups in total. The fraction of sp³-hybridized carbons (Fsp3) is 0.466. The number of piperidine rings is 1. The number of hydrogen-bond acceptors (Lipinski definition) is 14. The van der Waals surface area contributed by atoms with Gasteiger partial charge in [0.05, 0.1) is 17.2 Å². The van der Waals surface area contributed by atoms with Crippen molar-refractivity contribution < 1.29 is 39.5 Å². The van der Waals surface area contributed by atoms with E-state index in [1.54, 1.807) is 22.9 Å². The maximum atomic E-state index is 14.3. The maximum absolute atomic E-state index is 14.3. The quantitative estimate of drug-likeness (QED) is 0.0630. The summed E-state index contributed by atoms with van der Waals surface area (Å²) in [5.74, 6) is -0.334. The fourth-order valence-electron chi connectivity index (χ4n) is 11.5. The Balaban J connectivity index is 0.825. The monoisotopic (exact) mass is 1190 g/mol. The summed E-state index contributed by atoms with van der Waals surface area (Å²) in [6.07, 6.45) is 7.69. The number of nitrogens with one attached hydrogen (secondary N) is 3. The Morgan fingerprint density at radius 2 is 1.58 bits per heavy atom. The molecule has 4 aromatic carbocycles. The molecule has 0 radical (unpaired) electrons. The molecule has 16 nitrogen and oxygen atoms in total. The number of anilines is 2. The molecule has 4 heterocycles. The molecule has 3 saturated heterocycles. The van der Waals surface area contributed by atoms with Crippen LogP contribution < -0.4 is 26.2 Å². The molecule has 1 aromatic heterocycles. The van der Waals surface area contributed by atoms with Crippen LogP contribution >= 0.6 is 23.4 Å². The molecular formula is C58H70ClF3N8O8S3. The highest BCUT2D eigenvalue weighted by atomic mass is 35.5. The number of carbonyl (C=O) groups is 1. The number of amides is 1. The zero-order valence-electron chi connectivity index (χ0n) is 45.3. The number of sulfonamides is 1. The van der Waals surface area contributed by atoms with E-state index in [9.17, 15) is 44.4 Å². The number of aromatic nitrogens is 2. The van der Waals surface area contributed by atoms with E-state index < -0.39 is 58.4 Å². The number of piperazine rings is 1. The third kappa shape index (κ3) is 15.8. The average molecular weight is 1200 g/mol. The van der Waals surface area contributed by atoms with E-state index in [0.717, 1.165) is 107 Å². The number of alkyl halides is 3. The van der Waals surface area contributed by atoms with Gasteiger partial charge in [0.1, 0.15) is 4.90 Å². The lowest BCUT2D eigenvalue weighted by Crippen LogP contribution is -2.48. The van der Waals surface area contributed by atoms with Gasteiger partial charge in [-0.15, -0.1) is 11.8 Å². The molecule has 3 aliphatic heterocycles. The number of nitrogens with zero attached hydrogens (tertiary/aromatic N) is 5. The largest absolute Gasteiger partial charge is 0.501 e. The van der Waals surface area contributed by atoms with Gasteiger partial charge in [0.2, 0.25) is 0 Å². The van der Waals surface area contributed by atoms with Gasteiger partial charge >= 0.3 is 11.2 Å². The second-order valence-electron chi connectivity index (χ2n) is 22.0. The third-order valence-electron chi connectivity index (χ3n) is 15.9. The van der Waals surface area contributed by atoms with Gasteiger partial charge in [-0.05, 0) is 147 Å². The molecule has 9 rings (SSSR count). The molecule has 5 aromatic rings. The van der Waals surface area contributed by atoms with Gasteiger partial charge in [-0.25, -0.2) is 26.4 Å². The lowest BCUT2D eigenvalue weighted by molar-refractivity contribution is -0.0435. The van der Waals surface area contributed by atoms with E-state index >= 15 is 0 Å². The Morgan fingerprint density at radius 1 is 0.852 bits per heavy atom. The molecule has 0 saturated carbocycles. The van der Waals surface area contributed by atoms with Crippen LogP contribution in [0.4, 0.5) is 24.5 Å². The number of thioether (sulfide) groups is 1. The van der Waals surface area contributed by atoms with Crippen LogP contribution in [0.25, 0.3) is 5.57 Å². The molecule has 2 atom stereocenters. The number of allylic oxidation sites excluding steroid dienone is 1. The molecule has 23 heteroatoms. The van der Waals surface area contributed by atoms with E-state index in [0.29, 0.717) is 75.1 Å². The molecule has 81 heavy (non-hydrogen) atoms. The summed E-state index contributed by atoms with van der Waals surface area (Å²) in [6.45, 7) is 12.7. The lowest BCUT2D eigenvalue weighted by atomic mass is 9.71. The number of rotatable bonds is 20. The summed E-state index contributed by atoms with van der Waals surface area (Å²) in [4.78, 5) is 48.0. The van der Waals surface area contributed by atoms with Crippen molar-refractivity contribution in [3.63, 3.8) is 0 Å². The van der Waals surface area contributed by atoms with Crippen molar-refractivity contribution in [3.8, 4) is 0 Å². The van der Waals surface area contributed by atoms with Gasteiger partial charge in [-0.1, -0.05) is 54.4 Å². The molecule has 3 fully saturated rings. The number of aromatic amines is 1. The van der Waals surface area contributed by atoms with Crippen molar-refractivity contribution in [2.24, 2.45) is 11.3 Å². The van der Waals surface area contributed by atoms with Crippen molar-refractivity contribution in [2.75, 3.05) is 101 Å². The predicted octanol–water partition coefficient (Wildman–Crippen LogP) is 8.47. The standard InChI is InChI=1S/C58H70ClF3N8O8S3/c1-57(41-68-25-19-42(20-26-68)38-70-28-22-54(71)64-56(70)73)23-18-51(43-8-12-46(59)13-9-43)45(37-57)39-67-29-31-69(32-30-67)48-14-10-44(11-15-48)55(72)65-81(76,77)50-16-17-52(53(36-50)80(74,75)58(60,61)62)63-47(40-79-49-6-3-2-4-7-49)21-27-66-24-5-34-78-35-33-66/h2-4,6-17,22,28,36,42,47,63H,5,18-21,23-27,29-35,37-41H2,1H3,(H,65,72)(H,64,71,73)/t47-,57-/m1/s1. The van der Waals surface area contributed by atoms with Gasteiger partial charge in [0, 0.05) is 117 Å². The zero-order valence-corrected chi connectivity index (χ0v) is 48.5. The summed E-state index contributed by atoms with van der Waals surface area (Å²) in [5.41, 5.74) is -2.14. The van der Waals surface area contributed by atoms with Crippen LogP contribution in [0.1, 0.15) is 67.8 Å². The molecule has 0 spiro atoms. The van der Waals surface area contributed by atoms with E-state index in [1.165, 1.54) is 46.7 Å². The third-order valence-corrected chi connectivity index (χ3v) is 20.2. The summed E-state index contributed by atoms with van der Waals surface area (Å²) < 4.78 is 106. The number of hydrogen-bond donors (Lipinski definition) is 3. The number of H-pyrrole nitrogens is 1. The van der Waals surface area contributed by atoms with Gasteiger partial charge in [0.25, 0.3) is 31.3 Å². The second kappa shape index (κ2) is 26.4. The Bertz CT molecular complexity index is 3350. The summed E-state index contributed by atoms with van der Waals surface area (Å²) in [6, 6.07) is 27.2. The molecule has 0 unspecified atom stereocenters. The summed E-state index contributed by atoms with van der Waals surface area (Å²) >= 11 is 7.78. The first-order valence-corrected chi connectivity index (χ1v) is 31.9. The maximum Gasteiger partial charge on any atom is 0.501 e. The van der Waals surface area contributed by atoms with Gasteiger partial charge in [-0.2, -0.15) is 13.2 Å². The minimum absolute atomic E-state index is 0.0221. The predicted molar refractivity (Wildman–Crippen MR) is 311 cm³/mol. The highest BCUT2D eigenvalue weighted by molar-refractivity contribution is 7.99.